The van der Waals surface area contributed by atoms with Crippen molar-refractivity contribution in [2.24, 2.45) is 0 Å². The fourth-order valence-electron chi connectivity index (χ4n) is 2.49. The molecule has 0 fully saturated rings. The van der Waals surface area contributed by atoms with Crippen molar-refractivity contribution in [2.45, 2.75) is 13.8 Å². The van der Waals surface area contributed by atoms with Gasteiger partial charge in [-0.25, -0.2) is 0 Å². The molecule has 8 heteroatoms. The zero-order chi connectivity index (χ0) is 19.1. The molecule has 0 aromatic heterocycles. The number of hydrogen-bond donors (Lipinski definition) is 2. The summed E-state index contributed by atoms with van der Waals surface area (Å²) in [4.78, 5) is 12.6. The van der Waals surface area contributed by atoms with Gasteiger partial charge in [-0.2, -0.15) is 0 Å². The number of hydrogen-bond acceptors (Lipinski definition) is 4. The number of nitro benzene ring substituents is 1. The van der Waals surface area contributed by atoms with Crippen LogP contribution >= 0.6 is 23.8 Å². The van der Waals surface area contributed by atoms with Gasteiger partial charge in [-0.05, 0) is 49.8 Å². The summed E-state index contributed by atoms with van der Waals surface area (Å²) in [6, 6.07) is 12.5. The highest BCUT2D eigenvalue weighted by molar-refractivity contribution is 7.80. The SMILES string of the molecule is CCN(CCNC(=S)Nc1cc([N+](=O)[O-])ccc1Cl)c1cccc(C)c1. The van der Waals surface area contributed by atoms with Crippen LogP contribution in [0.1, 0.15) is 12.5 Å². The van der Waals surface area contributed by atoms with Crippen molar-refractivity contribution in [3.63, 3.8) is 0 Å². The topological polar surface area (TPSA) is 70.4 Å². The summed E-state index contributed by atoms with van der Waals surface area (Å²) in [6.07, 6.45) is 0. The van der Waals surface area contributed by atoms with Gasteiger partial charge in [0.1, 0.15) is 0 Å². The maximum absolute atomic E-state index is 10.9. The van der Waals surface area contributed by atoms with Gasteiger partial charge in [0, 0.05) is 37.5 Å². The highest BCUT2D eigenvalue weighted by Crippen LogP contribution is 2.26. The molecule has 0 aliphatic heterocycles. The number of nitrogens with one attached hydrogen (secondary N) is 2. The van der Waals surface area contributed by atoms with Crippen LogP contribution in [-0.2, 0) is 0 Å². The summed E-state index contributed by atoms with van der Waals surface area (Å²) >= 11 is 11.3. The number of rotatable bonds is 7. The molecule has 138 valence electrons. The number of likely N-dealkylation sites (N-methyl/N-ethyl adjacent to an activating group) is 1. The van der Waals surface area contributed by atoms with Crippen molar-refractivity contribution in [1.82, 2.24) is 5.32 Å². The van der Waals surface area contributed by atoms with E-state index in [2.05, 4.69) is 47.6 Å². The maximum Gasteiger partial charge on any atom is 0.271 e. The second-order valence-corrected chi connectivity index (χ2v) is 6.54. The molecule has 0 atom stereocenters. The Balaban J connectivity index is 1.90. The molecule has 6 nitrogen and oxygen atoms in total. The van der Waals surface area contributed by atoms with Crippen LogP contribution < -0.4 is 15.5 Å². The normalized spacial score (nSPS) is 10.3. The molecule has 0 aliphatic carbocycles. The molecule has 0 heterocycles. The molecule has 2 rings (SSSR count). The maximum atomic E-state index is 10.9. The first-order valence-corrected chi connectivity index (χ1v) is 8.99. The Hall–Kier alpha value is -2.38. The molecular formula is C18H21ClN4O2S. The Morgan fingerprint density at radius 2 is 2.08 bits per heavy atom. The molecule has 0 unspecified atom stereocenters. The summed E-state index contributed by atoms with van der Waals surface area (Å²) < 4.78 is 0. The predicted molar refractivity (Wildman–Crippen MR) is 111 cm³/mol. The Morgan fingerprint density at radius 3 is 2.73 bits per heavy atom. The minimum absolute atomic E-state index is 0.0451. The third-order valence-corrected chi connectivity index (χ3v) is 4.40. The van der Waals surface area contributed by atoms with E-state index in [0.717, 1.165) is 18.8 Å². The van der Waals surface area contributed by atoms with Crippen molar-refractivity contribution in [3.05, 3.63) is 63.2 Å². The van der Waals surface area contributed by atoms with Crippen LogP contribution in [0.25, 0.3) is 0 Å². The third kappa shape index (κ3) is 5.57. The zero-order valence-corrected chi connectivity index (χ0v) is 16.2. The lowest BCUT2D eigenvalue weighted by Crippen LogP contribution is -2.37. The molecule has 2 aromatic carbocycles. The zero-order valence-electron chi connectivity index (χ0n) is 14.7. The molecule has 0 amide bonds. The van der Waals surface area contributed by atoms with Crippen LogP contribution in [0, 0.1) is 17.0 Å². The van der Waals surface area contributed by atoms with Crippen LogP contribution in [0.5, 0.6) is 0 Å². The second-order valence-electron chi connectivity index (χ2n) is 5.72. The summed E-state index contributed by atoms with van der Waals surface area (Å²) in [5, 5.41) is 17.6. The lowest BCUT2D eigenvalue weighted by Gasteiger charge is -2.24. The van der Waals surface area contributed by atoms with Gasteiger partial charge >= 0.3 is 0 Å². The number of benzene rings is 2. The molecule has 26 heavy (non-hydrogen) atoms. The Labute approximate surface area is 163 Å². The monoisotopic (exact) mass is 392 g/mol. The first-order chi connectivity index (χ1) is 12.4. The van der Waals surface area contributed by atoms with Crippen LogP contribution in [0.2, 0.25) is 5.02 Å². The van der Waals surface area contributed by atoms with E-state index in [1.807, 2.05) is 6.07 Å². The van der Waals surface area contributed by atoms with Gasteiger partial charge in [-0.1, -0.05) is 23.7 Å². The van der Waals surface area contributed by atoms with Gasteiger partial charge in [0.15, 0.2) is 5.11 Å². The van der Waals surface area contributed by atoms with E-state index < -0.39 is 4.92 Å². The smallest absolute Gasteiger partial charge is 0.271 e. The first kappa shape index (κ1) is 19.9. The minimum Gasteiger partial charge on any atom is -0.370 e. The van der Waals surface area contributed by atoms with Gasteiger partial charge in [-0.15, -0.1) is 0 Å². The first-order valence-electron chi connectivity index (χ1n) is 8.21. The van der Waals surface area contributed by atoms with E-state index in [4.69, 9.17) is 23.8 Å². The van der Waals surface area contributed by atoms with Crippen molar-refractivity contribution in [3.8, 4) is 0 Å². The van der Waals surface area contributed by atoms with E-state index in [0.29, 0.717) is 22.4 Å². The highest BCUT2D eigenvalue weighted by Gasteiger charge is 2.11. The van der Waals surface area contributed by atoms with Crippen molar-refractivity contribution in [2.75, 3.05) is 29.9 Å². The quantitative estimate of drug-likeness (QED) is 0.414. The summed E-state index contributed by atoms with van der Waals surface area (Å²) in [6.45, 7) is 6.44. The standard InChI is InChI=1S/C18H21ClN4O2S/c1-3-22(14-6-4-5-13(2)11-14)10-9-20-18(26)21-17-12-15(23(24)25)7-8-16(17)19/h4-8,11-12H,3,9-10H2,1-2H3,(H2,20,21,26). The Kier molecular flexibility index (Phi) is 7.17. The average molecular weight is 393 g/mol. The average Bonchev–Trinajstić information content (AvgIpc) is 2.60. The van der Waals surface area contributed by atoms with Crippen molar-refractivity contribution in [1.29, 1.82) is 0 Å². The van der Waals surface area contributed by atoms with Crippen LogP contribution in [-0.4, -0.2) is 29.7 Å². The molecular weight excluding hydrogens is 372 g/mol. The number of non-ortho nitro benzene ring substituents is 1. The number of aryl methyl sites for hydroxylation is 1. The molecule has 2 aromatic rings. The number of nitro groups is 1. The van der Waals surface area contributed by atoms with E-state index in [1.165, 1.54) is 23.8 Å². The largest absolute Gasteiger partial charge is 0.370 e. The van der Waals surface area contributed by atoms with Crippen molar-refractivity contribution < 1.29 is 4.92 Å². The molecule has 2 N–H and O–H groups in total. The van der Waals surface area contributed by atoms with E-state index in [-0.39, 0.29) is 5.69 Å². The Morgan fingerprint density at radius 1 is 1.31 bits per heavy atom. The lowest BCUT2D eigenvalue weighted by molar-refractivity contribution is -0.384. The number of halogens is 1. The summed E-state index contributed by atoms with van der Waals surface area (Å²) in [5.74, 6) is 0. The molecule has 0 saturated heterocycles. The number of thiocarbonyl (C=S) groups is 1. The van der Waals surface area contributed by atoms with Gasteiger partial charge in [0.25, 0.3) is 5.69 Å². The van der Waals surface area contributed by atoms with Gasteiger partial charge in [0.2, 0.25) is 0 Å². The second kappa shape index (κ2) is 9.35. The molecule has 0 spiro atoms. The van der Waals surface area contributed by atoms with Crippen LogP contribution in [0.3, 0.4) is 0 Å². The van der Waals surface area contributed by atoms with Gasteiger partial charge in [-0.3, -0.25) is 10.1 Å². The van der Waals surface area contributed by atoms with E-state index >= 15 is 0 Å². The third-order valence-electron chi connectivity index (χ3n) is 3.82. The minimum atomic E-state index is -0.473. The van der Waals surface area contributed by atoms with E-state index in [9.17, 15) is 10.1 Å². The summed E-state index contributed by atoms with van der Waals surface area (Å²) in [7, 11) is 0. The van der Waals surface area contributed by atoms with Crippen molar-refractivity contribution >= 4 is 46.0 Å². The van der Waals surface area contributed by atoms with Gasteiger partial charge < -0.3 is 15.5 Å². The van der Waals surface area contributed by atoms with Crippen LogP contribution in [0.4, 0.5) is 17.1 Å². The number of nitrogens with zero attached hydrogens (tertiary/aromatic N) is 2. The highest BCUT2D eigenvalue weighted by atomic mass is 35.5. The summed E-state index contributed by atoms with van der Waals surface area (Å²) in [5.41, 5.74) is 2.74. The fraction of sp³-hybridized carbons (Fsp3) is 0.278. The molecule has 0 radical (unpaired) electrons. The fourth-order valence-corrected chi connectivity index (χ4v) is 2.86. The van der Waals surface area contributed by atoms with Crippen LogP contribution in [0.15, 0.2) is 42.5 Å². The molecule has 0 saturated carbocycles. The number of anilines is 2. The molecule has 0 bridgehead atoms. The van der Waals surface area contributed by atoms with E-state index in [1.54, 1.807) is 0 Å². The Bertz CT molecular complexity index is 801. The lowest BCUT2D eigenvalue weighted by atomic mass is 10.2. The van der Waals surface area contributed by atoms with Gasteiger partial charge in [0.05, 0.1) is 15.6 Å². The molecule has 0 aliphatic rings. The predicted octanol–water partition coefficient (Wildman–Crippen LogP) is 4.37.